The number of nitrogens with zero attached hydrogens (tertiary/aromatic N) is 5. The summed E-state index contributed by atoms with van der Waals surface area (Å²) in [7, 11) is 0. The van der Waals surface area contributed by atoms with Gasteiger partial charge in [0.05, 0.1) is 6.10 Å². The topological polar surface area (TPSA) is 65.4 Å². The molecular formula is C13H20ClN5O. The molecule has 0 amide bonds. The number of halogens is 1. The molecule has 6 nitrogen and oxygen atoms in total. The fraction of sp³-hybridized carbons (Fsp3) is 0.769. The SMILES string of the molecule is O[C@H]1CCCN(C2CCN(c3ncnc(Cl)n3)CC2)C1. The zero-order valence-electron chi connectivity index (χ0n) is 11.5. The van der Waals surface area contributed by atoms with Crippen LogP contribution < -0.4 is 4.90 Å². The molecule has 7 heteroatoms. The molecule has 3 rings (SSSR count). The van der Waals surface area contributed by atoms with Gasteiger partial charge >= 0.3 is 0 Å². The maximum atomic E-state index is 9.78. The fourth-order valence-electron chi connectivity index (χ4n) is 3.17. The highest BCUT2D eigenvalue weighted by atomic mass is 35.5. The average molecular weight is 298 g/mol. The highest BCUT2D eigenvalue weighted by Gasteiger charge is 2.28. The van der Waals surface area contributed by atoms with Crippen LogP contribution in [-0.2, 0) is 0 Å². The van der Waals surface area contributed by atoms with Crippen LogP contribution in [0.15, 0.2) is 6.33 Å². The standard InChI is InChI=1S/C13H20ClN5O/c14-12-15-9-16-13(17-12)18-6-3-10(4-7-18)19-5-1-2-11(20)8-19/h9-11,20H,1-8H2/t11-/m0/s1. The van der Waals surface area contributed by atoms with Crippen LogP contribution >= 0.6 is 11.6 Å². The number of hydrogen-bond acceptors (Lipinski definition) is 6. The van der Waals surface area contributed by atoms with Gasteiger partial charge in [-0.15, -0.1) is 0 Å². The number of likely N-dealkylation sites (tertiary alicyclic amines) is 1. The Bertz CT molecular complexity index is 452. The van der Waals surface area contributed by atoms with E-state index in [-0.39, 0.29) is 11.4 Å². The van der Waals surface area contributed by atoms with E-state index in [2.05, 4.69) is 24.8 Å². The second-order valence-corrected chi connectivity index (χ2v) is 5.90. The van der Waals surface area contributed by atoms with Crippen molar-refractivity contribution in [1.29, 1.82) is 0 Å². The summed E-state index contributed by atoms with van der Waals surface area (Å²) >= 11 is 5.81. The third kappa shape index (κ3) is 3.19. The maximum Gasteiger partial charge on any atom is 0.229 e. The van der Waals surface area contributed by atoms with Crippen LogP contribution in [0.2, 0.25) is 5.28 Å². The van der Waals surface area contributed by atoms with Gasteiger partial charge in [-0.25, -0.2) is 9.97 Å². The maximum absolute atomic E-state index is 9.78. The van der Waals surface area contributed by atoms with Gasteiger partial charge in [0.1, 0.15) is 6.33 Å². The van der Waals surface area contributed by atoms with E-state index < -0.39 is 0 Å². The highest BCUT2D eigenvalue weighted by molar-refractivity contribution is 6.28. The minimum atomic E-state index is -0.149. The molecule has 1 atom stereocenters. The molecule has 2 fully saturated rings. The van der Waals surface area contributed by atoms with E-state index in [0.717, 1.165) is 51.9 Å². The van der Waals surface area contributed by atoms with E-state index >= 15 is 0 Å². The summed E-state index contributed by atoms with van der Waals surface area (Å²) in [6.07, 6.45) is 5.51. The first kappa shape index (κ1) is 14.0. The van der Waals surface area contributed by atoms with Crippen LogP contribution in [0.3, 0.4) is 0 Å². The number of aliphatic hydroxyl groups is 1. The van der Waals surface area contributed by atoms with Gasteiger partial charge in [0, 0.05) is 25.7 Å². The number of hydrogen-bond donors (Lipinski definition) is 1. The first-order valence-electron chi connectivity index (χ1n) is 7.24. The van der Waals surface area contributed by atoms with Crippen LogP contribution in [0.5, 0.6) is 0 Å². The lowest BCUT2D eigenvalue weighted by Crippen LogP contribution is -2.49. The van der Waals surface area contributed by atoms with Gasteiger partial charge < -0.3 is 10.0 Å². The van der Waals surface area contributed by atoms with Gasteiger partial charge in [-0.3, -0.25) is 4.90 Å². The normalized spacial score (nSPS) is 25.9. The van der Waals surface area contributed by atoms with Crippen molar-refractivity contribution in [2.24, 2.45) is 0 Å². The number of anilines is 1. The molecule has 3 heterocycles. The lowest BCUT2D eigenvalue weighted by molar-refractivity contribution is 0.0397. The Morgan fingerprint density at radius 1 is 1.15 bits per heavy atom. The van der Waals surface area contributed by atoms with Crippen molar-refractivity contribution < 1.29 is 5.11 Å². The molecule has 0 saturated carbocycles. The Balaban J connectivity index is 1.56. The summed E-state index contributed by atoms with van der Waals surface area (Å²) in [6.45, 7) is 3.79. The van der Waals surface area contributed by atoms with E-state index in [1.165, 1.54) is 6.33 Å². The van der Waals surface area contributed by atoms with E-state index in [1.54, 1.807) is 0 Å². The molecule has 0 spiro atoms. The molecule has 1 aromatic rings. The number of aliphatic hydroxyl groups excluding tert-OH is 1. The number of rotatable bonds is 2. The monoisotopic (exact) mass is 297 g/mol. The zero-order chi connectivity index (χ0) is 13.9. The zero-order valence-corrected chi connectivity index (χ0v) is 12.2. The Kier molecular flexibility index (Phi) is 4.33. The van der Waals surface area contributed by atoms with Crippen LogP contribution in [0.4, 0.5) is 5.95 Å². The Labute approximate surface area is 123 Å². The third-order valence-electron chi connectivity index (χ3n) is 4.22. The quantitative estimate of drug-likeness (QED) is 0.877. The lowest BCUT2D eigenvalue weighted by atomic mass is 9.99. The van der Waals surface area contributed by atoms with E-state index in [9.17, 15) is 5.11 Å². The average Bonchev–Trinajstić information content (AvgIpc) is 2.47. The fourth-order valence-corrected chi connectivity index (χ4v) is 3.29. The molecule has 0 unspecified atom stereocenters. The number of β-amino-alcohol motifs (C(OH)–C–C–N with tert-alkyl or cyclic N) is 1. The predicted molar refractivity (Wildman–Crippen MR) is 76.9 cm³/mol. The molecule has 0 bridgehead atoms. The van der Waals surface area contributed by atoms with Crippen molar-refractivity contribution in [3.05, 3.63) is 11.6 Å². The summed E-state index contributed by atoms with van der Waals surface area (Å²) in [5, 5.41) is 10.0. The first-order chi connectivity index (χ1) is 9.72. The van der Waals surface area contributed by atoms with E-state index in [1.807, 2.05) is 0 Å². The van der Waals surface area contributed by atoms with Gasteiger partial charge in [-0.05, 0) is 43.8 Å². The molecule has 0 aliphatic carbocycles. The van der Waals surface area contributed by atoms with Crippen molar-refractivity contribution >= 4 is 17.5 Å². The third-order valence-corrected chi connectivity index (χ3v) is 4.40. The van der Waals surface area contributed by atoms with Gasteiger partial charge in [-0.1, -0.05) is 0 Å². The summed E-state index contributed by atoms with van der Waals surface area (Å²) in [5.74, 6) is 0.669. The van der Waals surface area contributed by atoms with Crippen molar-refractivity contribution in [3.8, 4) is 0 Å². The summed E-state index contributed by atoms with van der Waals surface area (Å²) < 4.78 is 0. The molecule has 20 heavy (non-hydrogen) atoms. The number of piperidine rings is 2. The van der Waals surface area contributed by atoms with Crippen molar-refractivity contribution in [2.45, 2.75) is 37.8 Å². The van der Waals surface area contributed by atoms with Crippen molar-refractivity contribution in [1.82, 2.24) is 19.9 Å². The molecule has 2 saturated heterocycles. The van der Waals surface area contributed by atoms with Crippen LogP contribution in [0, 0.1) is 0 Å². The molecule has 0 radical (unpaired) electrons. The molecule has 1 N–H and O–H groups in total. The smallest absolute Gasteiger partial charge is 0.229 e. The van der Waals surface area contributed by atoms with Crippen LogP contribution in [0.1, 0.15) is 25.7 Å². The molecule has 2 aliphatic rings. The van der Waals surface area contributed by atoms with Gasteiger partial charge in [0.2, 0.25) is 11.2 Å². The minimum absolute atomic E-state index is 0.149. The van der Waals surface area contributed by atoms with Crippen LogP contribution in [-0.4, -0.2) is 63.3 Å². The van der Waals surface area contributed by atoms with Crippen molar-refractivity contribution in [2.75, 3.05) is 31.1 Å². The summed E-state index contributed by atoms with van der Waals surface area (Å²) in [5.41, 5.74) is 0. The summed E-state index contributed by atoms with van der Waals surface area (Å²) in [6, 6.07) is 0.568. The molecule has 0 aromatic carbocycles. The van der Waals surface area contributed by atoms with E-state index in [4.69, 9.17) is 11.6 Å². The summed E-state index contributed by atoms with van der Waals surface area (Å²) in [4.78, 5) is 16.7. The molecular weight excluding hydrogens is 278 g/mol. The Hall–Kier alpha value is -0.980. The van der Waals surface area contributed by atoms with E-state index in [0.29, 0.717) is 12.0 Å². The van der Waals surface area contributed by atoms with Crippen molar-refractivity contribution in [3.63, 3.8) is 0 Å². The predicted octanol–water partition coefficient (Wildman–Crippen LogP) is 0.950. The lowest BCUT2D eigenvalue weighted by Gasteiger charge is -2.41. The Morgan fingerprint density at radius 2 is 1.95 bits per heavy atom. The Morgan fingerprint density at radius 3 is 2.65 bits per heavy atom. The van der Waals surface area contributed by atoms with Gasteiger partial charge in [0.25, 0.3) is 0 Å². The molecule has 110 valence electrons. The second-order valence-electron chi connectivity index (χ2n) is 5.56. The molecule has 2 aliphatic heterocycles. The minimum Gasteiger partial charge on any atom is -0.392 e. The van der Waals surface area contributed by atoms with Gasteiger partial charge in [0.15, 0.2) is 0 Å². The molecule has 1 aromatic heterocycles. The van der Waals surface area contributed by atoms with Gasteiger partial charge in [-0.2, -0.15) is 4.98 Å². The largest absolute Gasteiger partial charge is 0.392 e. The second kappa shape index (κ2) is 6.20. The first-order valence-corrected chi connectivity index (χ1v) is 7.62. The van der Waals surface area contributed by atoms with Crippen LogP contribution in [0.25, 0.3) is 0 Å². The number of aromatic nitrogens is 3. The highest BCUT2D eigenvalue weighted by Crippen LogP contribution is 2.23.